The Morgan fingerprint density at radius 3 is 2.41 bits per heavy atom. The predicted octanol–water partition coefficient (Wildman–Crippen LogP) is 4.51. The van der Waals surface area contributed by atoms with Gasteiger partial charge in [0.05, 0.1) is 27.8 Å². The zero-order valence-electron chi connectivity index (χ0n) is 19.4. The van der Waals surface area contributed by atoms with Gasteiger partial charge in [-0.15, -0.1) is 0 Å². The number of imidazole rings is 1. The standard InChI is InChI=1S/C24H28Cl2N4O3S/c1-17-11-18(2)24(19(3)12-17)34(32,33)30(14-20-5-6-21(25)22(26)13-20)15-23(31)28-7-4-9-29-10-8-27-16-29/h5-6,8,10-13,16H,4,7,9,14-15H2,1-3H3,(H,28,31). The highest BCUT2D eigenvalue weighted by atomic mass is 35.5. The molecule has 34 heavy (non-hydrogen) atoms. The summed E-state index contributed by atoms with van der Waals surface area (Å²) < 4.78 is 30.6. The van der Waals surface area contributed by atoms with Gasteiger partial charge < -0.3 is 9.88 Å². The van der Waals surface area contributed by atoms with Crippen LogP contribution in [0, 0.1) is 20.8 Å². The molecule has 0 saturated heterocycles. The van der Waals surface area contributed by atoms with Crippen molar-refractivity contribution in [2.75, 3.05) is 13.1 Å². The molecule has 0 atom stereocenters. The van der Waals surface area contributed by atoms with E-state index in [1.54, 1.807) is 44.6 Å². The Balaban J connectivity index is 1.81. The number of carbonyl (C=O) groups is 1. The van der Waals surface area contributed by atoms with E-state index in [4.69, 9.17) is 23.2 Å². The maximum absolute atomic E-state index is 13.7. The Morgan fingerprint density at radius 2 is 1.79 bits per heavy atom. The number of sulfonamides is 1. The van der Waals surface area contributed by atoms with Gasteiger partial charge in [0.1, 0.15) is 0 Å². The summed E-state index contributed by atoms with van der Waals surface area (Å²) in [5.41, 5.74) is 2.88. The molecule has 0 saturated carbocycles. The van der Waals surface area contributed by atoms with Crippen molar-refractivity contribution in [1.82, 2.24) is 19.2 Å². The number of benzene rings is 2. The molecule has 0 bridgehead atoms. The van der Waals surface area contributed by atoms with Crippen molar-refractivity contribution < 1.29 is 13.2 Å². The van der Waals surface area contributed by atoms with Gasteiger partial charge in [-0.25, -0.2) is 13.4 Å². The van der Waals surface area contributed by atoms with Crippen LogP contribution in [0.2, 0.25) is 10.0 Å². The number of carbonyl (C=O) groups excluding carboxylic acids is 1. The van der Waals surface area contributed by atoms with E-state index in [0.29, 0.717) is 46.2 Å². The molecule has 1 aromatic heterocycles. The molecule has 3 rings (SSSR count). The highest BCUT2D eigenvalue weighted by molar-refractivity contribution is 7.89. The summed E-state index contributed by atoms with van der Waals surface area (Å²) in [7, 11) is -3.98. The zero-order chi connectivity index (χ0) is 24.9. The molecule has 7 nitrogen and oxygen atoms in total. The highest BCUT2D eigenvalue weighted by Gasteiger charge is 2.30. The molecule has 10 heteroatoms. The average molecular weight is 523 g/mol. The molecule has 1 amide bonds. The number of hydrogen-bond acceptors (Lipinski definition) is 4. The molecule has 1 heterocycles. The Labute approximate surface area is 210 Å². The molecule has 182 valence electrons. The van der Waals surface area contributed by atoms with Gasteiger partial charge >= 0.3 is 0 Å². The average Bonchev–Trinajstić information content (AvgIpc) is 3.26. The minimum atomic E-state index is -3.98. The molecular formula is C24H28Cl2N4O3S. The molecular weight excluding hydrogens is 495 g/mol. The van der Waals surface area contributed by atoms with Gasteiger partial charge in [0.25, 0.3) is 0 Å². The van der Waals surface area contributed by atoms with E-state index in [1.807, 2.05) is 29.8 Å². The van der Waals surface area contributed by atoms with Crippen LogP contribution < -0.4 is 5.32 Å². The van der Waals surface area contributed by atoms with Crippen LogP contribution in [0.4, 0.5) is 0 Å². The summed E-state index contributed by atoms with van der Waals surface area (Å²) in [6, 6.07) is 8.59. The second-order valence-electron chi connectivity index (χ2n) is 8.25. The van der Waals surface area contributed by atoms with E-state index in [2.05, 4.69) is 10.3 Å². The van der Waals surface area contributed by atoms with E-state index in [9.17, 15) is 13.2 Å². The molecule has 0 aliphatic carbocycles. The molecule has 0 unspecified atom stereocenters. The Morgan fingerprint density at radius 1 is 1.09 bits per heavy atom. The van der Waals surface area contributed by atoms with Crippen molar-refractivity contribution in [2.24, 2.45) is 0 Å². The zero-order valence-corrected chi connectivity index (χ0v) is 21.7. The first kappa shape index (κ1) is 26.2. The van der Waals surface area contributed by atoms with Gasteiger partial charge in [0.2, 0.25) is 15.9 Å². The van der Waals surface area contributed by atoms with Crippen molar-refractivity contribution in [1.29, 1.82) is 0 Å². The lowest BCUT2D eigenvalue weighted by molar-refractivity contribution is -0.121. The number of amides is 1. The number of nitrogens with one attached hydrogen (secondary N) is 1. The van der Waals surface area contributed by atoms with Gasteiger partial charge in [0.15, 0.2) is 0 Å². The molecule has 0 aliphatic heterocycles. The highest BCUT2D eigenvalue weighted by Crippen LogP contribution is 2.28. The number of hydrogen-bond donors (Lipinski definition) is 1. The third-order valence-electron chi connectivity index (χ3n) is 5.34. The summed E-state index contributed by atoms with van der Waals surface area (Å²) in [5.74, 6) is -0.378. The number of aryl methyl sites for hydroxylation is 4. The second kappa shape index (κ2) is 11.4. The van der Waals surface area contributed by atoms with Crippen LogP contribution in [0.3, 0.4) is 0 Å². The predicted molar refractivity (Wildman–Crippen MR) is 135 cm³/mol. The summed E-state index contributed by atoms with van der Waals surface area (Å²) in [6.07, 6.45) is 5.94. The van der Waals surface area contributed by atoms with E-state index in [-0.39, 0.29) is 23.9 Å². The fraction of sp³-hybridized carbons (Fsp3) is 0.333. The van der Waals surface area contributed by atoms with Crippen LogP contribution in [0.5, 0.6) is 0 Å². The van der Waals surface area contributed by atoms with E-state index < -0.39 is 10.0 Å². The van der Waals surface area contributed by atoms with Crippen LogP contribution in [0.25, 0.3) is 0 Å². The van der Waals surface area contributed by atoms with Crippen LogP contribution in [0.15, 0.2) is 53.9 Å². The molecule has 0 fully saturated rings. The van der Waals surface area contributed by atoms with Crippen molar-refractivity contribution in [3.05, 3.63) is 81.4 Å². The van der Waals surface area contributed by atoms with Gasteiger partial charge in [-0.2, -0.15) is 4.31 Å². The molecule has 1 N–H and O–H groups in total. The lowest BCUT2D eigenvalue weighted by atomic mass is 10.1. The number of aromatic nitrogens is 2. The monoisotopic (exact) mass is 522 g/mol. The lowest BCUT2D eigenvalue weighted by Crippen LogP contribution is -2.41. The first-order valence-electron chi connectivity index (χ1n) is 10.8. The number of halogens is 2. The summed E-state index contributed by atoms with van der Waals surface area (Å²) >= 11 is 12.2. The van der Waals surface area contributed by atoms with Crippen LogP contribution in [0.1, 0.15) is 28.7 Å². The Kier molecular flexibility index (Phi) is 8.76. The fourth-order valence-electron chi connectivity index (χ4n) is 3.89. The van der Waals surface area contributed by atoms with E-state index in [1.165, 1.54) is 4.31 Å². The Hall–Kier alpha value is -2.39. The van der Waals surface area contributed by atoms with E-state index >= 15 is 0 Å². The minimum absolute atomic E-state index is 0.0194. The topological polar surface area (TPSA) is 84.3 Å². The third kappa shape index (κ3) is 6.60. The third-order valence-corrected chi connectivity index (χ3v) is 8.18. The quantitative estimate of drug-likeness (QED) is 0.397. The van der Waals surface area contributed by atoms with Crippen LogP contribution in [-0.4, -0.2) is 41.3 Å². The molecule has 2 aromatic carbocycles. The van der Waals surface area contributed by atoms with Gasteiger partial charge in [-0.3, -0.25) is 4.79 Å². The van der Waals surface area contributed by atoms with Crippen molar-refractivity contribution in [3.63, 3.8) is 0 Å². The summed E-state index contributed by atoms with van der Waals surface area (Å²) in [5, 5.41) is 3.52. The maximum Gasteiger partial charge on any atom is 0.244 e. The van der Waals surface area contributed by atoms with Crippen molar-refractivity contribution >= 4 is 39.1 Å². The van der Waals surface area contributed by atoms with Crippen LogP contribution >= 0.6 is 23.2 Å². The first-order valence-corrected chi connectivity index (χ1v) is 13.0. The largest absolute Gasteiger partial charge is 0.355 e. The van der Waals surface area contributed by atoms with Crippen LogP contribution in [-0.2, 0) is 27.9 Å². The van der Waals surface area contributed by atoms with Gasteiger partial charge in [-0.1, -0.05) is 47.0 Å². The molecule has 0 radical (unpaired) electrons. The normalized spacial score (nSPS) is 11.7. The Bertz CT molecular complexity index is 1240. The minimum Gasteiger partial charge on any atom is -0.355 e. The number of nitrogens with zero attached hydrogens (tertiary/aromatic N) is 3. The maximum atomic E-state index is 13.7. The van der Waals surface area contributed by atoms with Crippen molar-refractivity contribution in [3.8, 4) is 0 Å². The number of rotatable bonds is 10. The molecule has 0 aliphatic rings. The first-order chi connectivity index (χ1) is 16.1. The molecule has 3 aromatic rings. The van der Waals surface area contributed by atoms with Gasteiger partial charge in [0, 0.05) is 32.0 Å². The molecule has 0 spiro atoms. The smallest absolute Gasteiger partial charge is 0.244 e. The lowest BCUT2D eigenvalue weighted by Gasteiger charge is -2.24. The second-order valence-corrected chi connectivity index (χ2v) is 10.9. The summed E-state index contributed by atoms with van der Waals surface area (Å²) in [6.45, 7) is 6.23. The fourth-order valence-corrected chi connectivity index (χ4v) is 6.01. The van der Waals surface area contributed by atoms with Crippen molar-refractivity contribution in [2.45, 2.75) is 45.2 Å². The van der Waals surface area contributed by atoms with E-state index in [0.717, 1.165) is 5.56 Å². The van der Waals surface area contributed by atoms with Gasteiger partial charge in [-0.05, 0) is 56.0 Å². The summed E-state index contributed by atoms with van der Waals surface area (Å²) in [4.78, 5) is 16.9. The SMILES string of the molecule is Cc1cc(C)c(S(=O)(=O)N(CC(=O)NCCCn2ccnc2)Cc2ccc(Cl)c(Cl)c2)c(C)c1.